The Balaban J connectivity index is 1.40. The highest BCUT2D eigenvalue weighted by Gasteiger charge is 2.16. The van der Waals surface area contributed by atoms with E-state index < -0.39 is 5.91 Å². The summed E-state index contributed by atoms with van der Waals surface area (Å²) in [6.07, 6.45) is -0.00694. The highest BCUT2D eigenvalue weighted by Crippen LogP contribution is 2.29. The number of ether oxygens (including phenoxy) is 2. The highest BCUT2D eigenvalue weighted by atomic mass is 32.1. The number of hydrogen-bond acceptors (Lipinski definition) is 6. The lowest BCUT2D eigenvalue weighted by atomic mass is 10.2. The van der Waals surface area contributed by atoms with Gasteiger partial charge in [0.15, 0.2) is 10.9 Å². The van der Waals surface area contributed by atoms with Crippen LogP contribution >= 0.6 is 12.2 Å². The molecule has 184 valence electrons. The van der Waals surface area contributed by atoms with Crippen LogP contribution in [0.4, 0.5) is 11.4 Å². The number of furan rings is 1. The summed E-state index contributed by atoms with van der Waals surface area (Å²) in [7, 11) is 1.49. The number of anilines is 2. The minimum absolute atomic E-state index is 0.00694. The molecule has 3 N–H and O–H groups in total. The molecule has 0 aliphatic rings. The number of carbonyl (C=O) groups is 2. The zero-order chi connectivity index (χ0) is 25.7. The Morgan fingerprint density at radius 1 is 0.917 bits per heavy atom. The molecule has 0 aliphatic heterocycles. The number of rotatable bonds is 7. The maximum Gasteiger partial charge on any atom is 0.291 e. The largest absolute Gasteiger partial charge is 0.494 e. The number of benzene rings is 3. The van der Waals surface area contributed by atoms with Crippen LogP contribution in [0.3, 0.4) is 0 Å². The van der Waals surface area contributed by atoms with Crippen molar-refractivity contribution in [3.05, 3.63) is 84.1 Å². The van der Waals surface area contributed by atoms with E-state index in [1.165, 1.54) is 7.11 Å². The quantitative estimate of drug-likeness (QED) is 0.282. The van der Waals surface area contributed by atoms with Crippen LogP contribution in [-0.2, 0) is 0 Å². The molecular formula is C27H25N3O5S. The van der Waals surface area contributed by atoms with Gasteiger partial charge in [0, 0.05) is 22.7 Å². The predicted octanol–water partition coefficient (Wildman–Crippen LogP) is 5.61. The molecule has 0 aliphatic carbocycles. The molecule has 36 heavy (non-hydrogen) atoms. The summed E-state index contributed by atoms with van der Waals surface area (Å²) in [5.74, 6) is 0.408. The molecule has 0 saturated carbocycles. The molecule has 8 nitrogen and oxygen atoms in total. The van der Waals surface area contributed by atoms with Crippen molar-refractivity contribution in [3.63, 3.8) is 0 Å². The fraction of sp³-hybridized carbons (Fsp3) is 0.148. The molecule has 0 saturated heterocycles. The molecular weight excluding hydrogens is 478 g/mol. The first-order chi connectivity index (χ1) is 17.3. The van der Waals surface area contributed by atoms with Crippen molar-refractivity contribution in [2.24, 2.45) is 0 Å². The van der Waals surface area contributed by atoms with Gasteiger partial charge >= 0.3 is 0 Å². The molecule has 0 unspecified atom stereocenters. The first-order valence-electron chi connectivity index (χ1n) is 11.2. The van der Waals surface area contributed by atoms with Gasteiger partial charge < -0.3 is 24.5 Å². The number of hydrogen-bond donors (Lipinski definition) is 3. The lowest BCUT2D eigenvalue weighted by Crippen LogP contribution is -2.34. The molecule has 2 amide bonds. The number of carbonyl (C=O) groups excluding carboxylic acids is 2. The number of amides is 2. The van der Waals surface area contributed by atoms with Crippen LogP contribution in [-0.4, -0.2) is 30.1 Å². The van der Waals surface area contributed by atoms with Crippen molar-refractivity contribution >= 4 is 51.5 Å². The molecule has 9 heteroatoms. The van der Waals surface area contributed by atoms with Crippen LogP contribution in [0.1, 0.15) is 34.8 Å². The first-order valence-corrected chi connectivity index (χ1v) is 11.6. The number of nitrogens with one attached hydrogen (secondary N) is 3. The van der Waals surface area contributed by atoms with E-state index in [2.05, 4.69) is 16.0 Å². The smallest absolute Gasteiger partial charge is 0.291 e. The number of thiocarbonyl (C=S) groups is 1. The Bertz CT molecular complexity index is 1400. The Kier molecular flexibility index (Phi) is 7.50. The lowest BCUT2D eigenvalue weighted by Gasteiger charge is -2.14. The summed E-state index contributed by atoms with van der Waals surface area (Å²) >= 11 is 5.30. The molecule has 1 heterocycles. The fourth-order valence-corrected chi connectivity index (χ4v) is 3.68. The fourth-order valence-electron chi connectivity index (χ4n) is 3.47. The van der Waals surface area contributed by atoms with Gasteiger partial charge in [0.1, 0.15) is 17.1 Å². The second-order valence-electron chi connectivity index (χ2n) is 8.12. The van der Waals surface area contributed by atoms with Gasteiger partial charge in [-0.05, 0) is 68.5 Å². The van der Waals surface area contributed by atoms with E-state index in [0.29, 0.717) is 34.0 Å². The van der Waals surface area contributed by atoms with Crippen molar-refractivity contribution in [2.45, 2.75) is 20.0 Å². The van der Waals surface area contributed by atoms with Crippen LogP contribution in [0, 0.1) is 0 Å². The molecule has 0 radical (unpaired) electrons. The summed E-state index contributed by atoms with van der Waals surface area (Å²) in [5.41, 5.74) is 2.06. The van der Waals surface area contributed by atoms with Gasteiger partial charge in [-0.1, -0.05) is 24.3 Å². The number of methoxy groups -OCH3 is 1. The second-order valence-corrected chi connectivity index (χ2v) is 8.53. The van der Waals surface area contributed by atoms with Gasteiger partial charge in [-0.25, -0.2) is 0 Å². The van der Waals surface area contributed by atoms with Gasteiger partial charge in [-0.15, -0.1) is 0 Å². The maximum absolute atomic E-state index is 12.7. The van der Waals surface area contributed by atoms with Crippen LogP contribution < -0.4 is 25.4 Å². The van der Waals surface area contributed by atoms with Crippen molar-refractivity contribution in [2.75, 3.05) is 17.7 Å². The van der Waals surface area contributed by atoms with Gasteiger partial charge in [0.2, 0.25) is 0 Å². The van der Waals surface area contributed by atoms with Gasteiger partial charge in [-0.3, -0.25) is 14.9 Å². The molecule has 4 rings (SSSR count). The van der Waals surface area contributed by atoms with E-state index in [0.717, 1.165) is 5.39 Å². The Morgan fingerprint density at radius 3 is 2.47 bits per heavy atom. The summed E-state index contributed by atoms with van der Waals surface area (Å²) in [6, 6.07) is 20.9. The molecule has 0 fully saturated rings. The van der Waals surface area contributed by atoms with Crippen LogP contribution in [0.2, 0.25) is 0 Å². The number of fused-ring (bicyclic) bond motifs is 1. The molecule has 0 spiro atoms. The monoisotopic (exact) mass is 503 g/mol. The SMILES string of the molecule is COc1cc(NC(=S)NC(=O)c2cccc(OC(C)C)c2)ccc1NC(=O)c1cc2ccccc2o1. The summed E-state index contributed by atoms with van der Waals surface area (Å²) in [5, 5.41) is 9.33. The van der Waals surface area contributed by atoms with Gasteiger partial charge in [0.25, 0.3) is 11.8 Å². The Labute approximate surface area is 213 Å². The van der Waals surface area contributed by atoms with E-state index >= 15 is 0 Å². The van der Waals surface area contributed by atoms with Crippen LogP contribution in [0.15, 0.2) is 77.2 Å². The molecule has 0 atom stereocenters. The van der Waals surface area contributed by atoms with Crippen molar-refractivity contribution in [1.29, 1.82) is 0 Å². The third-order valence-electron chi connectivity index (χ3n) is 5.05. The van der Waals surface area contributed by atoms with E-state index in [1.807, 2.05) is 32.0 Å². The van der Waals surface area contributed by atoms with Gasteiger partial charge in [0.05, 0.1) is 18.9 Å². The minimum Gasteiger partial charge on any atom is -0.494 e. The van der Waals surface area contributed by atoms with Crippen molar-refractivity contribution in [3.8, 4) is 11.5 Å². The Morgan fingerprint density at radius 2 is 1.72 bits per heavy atom. The van der Waals surface area contributed by atoms with E-state index in [1.54, 1.807) is 54.6 Å². The highest BCUT2D eigenvalue weighted by molar-refractivity contribution is 7.80. The van der Waals surface area contributed by atoms with Crippen LogP contribution in [0.5, 0.6) is 11.5 Å². The van der Waals surface area contributed by atoms with Crippen molar-refractivity contribution < 1.29 is 23.5 Å². The topological polar surface area (TPSA) is 102 Å². The van der Waals surface area contributed by atoms with Gasteiger partial charge in [-0.2, -0.15) is 0 Å². The molecule has 4 aromatic rings. The molecule has 1 aromatic heterocycles. The average Bonchev–Trinajstić information content (AvgIpc) is 3.29. The van der Waals surface area contributed by atoms with Crippen LogP contribution in [0.25, 0.3) is 11.0 Å². The summed E-state index contributed by atoms with van der Waals surface area (Å²) < 4.78 is 16.7. The first kappa shape index (κ1) is 24.7. The zero-order valence-electron chi connectivity index (χ0n) is 20.0. The van der Waals surface area contributed by atoms with E-state index in [-0.39, 0.29) is 22.9 Å². The third kappa shape index (κ3) is 6.00. The predicted molar refractivity (Wildman–Crippen MR) is 143 cm³/mol. The third-order valence-corrected chi connectivity index (χ3v) is 5.26. The number of para-hydroxylation sites is 1. The molecule has 3 aromatic carbocycles. The van der Waals surface area contributed by atoms with E-state index in [9.17, 15) is 9.59 Å². The maximum atomic E-state index is 12.7. The average molecular weight is 504 g/mol. The normalized spacial score (nSPS) is 10.7. The minimum atomic E-state index is -0.406. The zero-order valence-corrected chi connectivity index (χ0v) is 20.8. The standard InChI is InChI=1S/C27H25N3O5S/c1-16(2)34-20-9-6-8-18(13-20)25(31)30-27(36)28-19-11-12-21(23(15-19)33-3)29-26(32)24-14-17-7-4-5-10-22(17)35-24/h4-16H,1-3H3,(H,29,32)(H2,28,30,31,36). The summed E-state index contributed by atoms with van der Waals surface area (Å²) in [4.78, 5) is 25.3. The summed E-state index contributed by atoms with van der Waals surface area (Å²) in [6.45, 7) is 3.82. The molecule has 0 bridgehead atoms. The Hall–Kier alpha value is -4.37. The van der Waals surface area contributed by atoms with Crippen molar-refractivity contribution in [1.82, 2.24) is 5.32 Å². The lowest BCUT2D eigenvalue weighted by molar-refractivity contribution is 0.0974. The van der Waals surface area contributed by atoms with E-state index in [4.69, 9.17) is 26.1 Å². The second kappa shape index (κ2) is 10.9.